The molecule has 3 atom stereocenters. The molecule has 0 aliphatic rings. The van der Waals surface area contributed by atoms with Gasteiger partial charge in [-0.1, -0.05) is 83.1 Å². The fraction of sp³-hybridized carbons (Fsp3) is 0.828. The Bertz CT molecular complexity index is 693. The van der Waals surface area contributed by atoms with E-state index in [1.807, 2.05) is 27.2 Å². The van der Waals surface area contributed by atoms with Gasteiger partial charge in [-0.25, -0.2) is 0 Å². The van der Waals surface area contributed by atoms with Crippen molar-refractivity contribution in [3.8, 4) is 0 Å². The van der Waals surface area contributed by atoms with Gasteiger partial charge in [0.25, 0.3) is 7.82 Å². The summed E-state index contributed by atoms with van der Waals surface area (Å²) in [6.07, 6.45) is 21.3. The normalized spacial score (nSPS) is 15.7. The molecule has 0 saturated heterocycles. The third-order valence-corrected chi connectivity index (χ3v) is 7.12. The SMILES string of the molecule is CCCC/C=C/C(O)C(COP(=O)([O-])OCC[N+](C)(C)C)NC(=O)CCCCCCC/C=C\CCCCC. The third-order valence-electron chi connectivity index (χ3n) is 6.16. The number of hydrogen-bond acceptors (Lipinski definition) is 6. The number of carbonyl (C=O) groups excluding carboxylic acids is 1. The highest BCUT2D eigenvalue weighted by atomic mass is 31.2. The minimum atomic E-state index is -4.55. The lowest BCUT2D eigenvalue weighted by Crippen LogP contribution is -2.45. The smallest absolute Gasteiger partial charge is 0.268 e. The molecule has 0 aliphatic heterocycles. The summed E-state index contributed by atoms with van der Waals surface area (Å²) < 4.78 is 22.7. The molecule has 0 aromatic carbocycles. The molecular weight excluding hydrogens is 503 g/mol. The molecule has 224 valence electrons. The summed E-state index contributed by atoms with van der Waals surface area (Å²) in [4.78, 5) is 24.7. The highest BCUT2D eigenvalue weighted by Crippen LogP contribution is 2.38. The number of aliphatic hydroxyl groups excluding tert-OH is 1. The molecule has 3 unspecified atom stereocenters. The molecule has 38 heavy (non-hydrogen) atoms. The van der Waals surface area contributed by atoms with Gasteiger partial charge < -0.3 is 28.8 Å². The van der Waals surface area contributed by atoms with Crippen LogP contribution in [0.5, 0.6) is 0 Å². The minimum absolute atomic E-state index is 0.00394. The van der Waals surface area contributed by atoms with Crippen molar-refractivity contribution in [3.05, 3.63) is 24.3 Å². The minimum Gasteiger partial charge on any atom is -0.756 e. The van der Waals surface area contributed by atoms with Crippen LogP contribution in [0.15, 0.2) is 24.3 Å². The second kappa shape index (κ2) is 22.8. The number of nitrogens with zero attached hydrogens (tertiary/aromatic N) is 1. The number of nitrogens with one attached hydrogen (secondary N) is 1. The van der Waals surface area contributed by atoms with E-state index in [-0.39, 0.29) is 19.1 Å². The van der Waals surface area contributed by atoms with Crippen LogP contribution in [-0.4, -0.2) is 68.5 Å². The van der Waals surface area contributed by atoms with Crippen LogP contribution in [-0.2, 0) is 18.4 Å². The second-order valence-corrected chi connectivity index (χ2v) is 12.5. The maximum atomic E-state index is 12.5. The van der Waals surface area contributed by atoms with Gasteiger partial charge >= 0.3 is 0 Å². The Morgan fingerprint density at radius 3 is 2.11 bits per heavy atom. The average molecular weight is 561 g/mol. The van der Waals surface area contributed by atoms with Crippen LogP contribution < -0.4 is 10.2 Å². The van der Waals surface area contributed by atoms with Crippen molar-refractivity contribution in [3.63, 3.8) is 0 Å². The Morgan fingerprint density at radius 1 is 0.895 bits per heavy atom. The summed E-state index contributed by atoms with van der Waals surface area (Å²) in [5, 5.41) is 13.3. The molecule has 0 aromatic heterocycles. The first kappa shape index (κ1) is 37.0. The van der Waals surface area contributed by atoms with Gasteiger partial charge in [-0.05, 0) is 38.5 Å². The molecule has 0 saturated carbocycles. The van der Waals surface area contributed by atoms with E-state index in [1.54, 1.807) is 6.08 Å². The van der Waals surface area contributed by atoms with Gasteiger partial charge in [0.2, 0.25) is 5.91 Å². The van der Waals surface area contributed by atoms with Crippen molar-refractivity contribution in [2.45, 2.75) is 116 Å². The van der Waals surface area contributed by atoms with Gasteiger partial charge in [0, 0.05) is 6.42 Å². The van der Waals surface area contributed by atoms with Crippen molar-refractivity contribution in [2.24, 2.45) is 0 Å². The van der Waals surface area contributed by atoms with E-state index in [0.29, 0.717) is 17.4 Å². The molecule has 2 N–H and O–H groups in total. The average Bonchev–Trinajstić information content (AvgIpc) is 2.84. The van der Waals surface area contributed by atoms with Gasteiger partial charge in [-0.15, -0.1) is 0 Å². The zero-order valence-electron chi connectivity index (χ0n) is 24.9. The van der Waals surface area contributed by atoms with E-state index in [1.165, 1.54) is 32.1 Å². The van der Waals surface area contributed by atoms with Crippen molar-refractivity contribution in [1.82, 2.24) is 5.32 Å². The topological polar surface area (TPSA) is 108 Å². The molecule has 0 radical (unpaired) electrons. The highest BCUT2D eigenvalue weighted by molar-refractivity contribution is 7.45. The number of quaternary nitrogens is 1. The first-order valence-electron chi connectivity index (χ1n) is 14.7. The number of phosphoric ester groups is 1. The molecule has 0 spiro atoms. The fourth-order valence-corrected chi connectivity index (χ4v) is 4.38. The van der Waals surface area contributed by atoms with E-state index >= 15 is 0 Å². The predicted octanol–water partition coefficient (Wildman–Crippen LogP) is 5.65. The van der Waals surface area contributed by atoms with Crippen LogP contribution >= 0.6 is 7.82 Å². The zero-order valence-corrected chi connectivity index (χ0v) is 25.8. The highest BCUT2D eigenvalue weighted by Gasteiger charge is 2.23. The molecule has 0 heterocycles. The third kappa shape index (κ3) is 24.1. The zero-order chi connectivity index (χ0) is 28.7. The summed E-state index contributed by atoms with van der Waals surface area (Å²) in [7, 11) is 1.24. The lowest BCUT2D eigenvalue weighted by molar-refractivity contribution is -0.870. The molecule has 0 aromatic rings. The Hall–Kier alpha value is -1.02. The number of phosphoric acid groups is 1. The van der Waals surface area contributed by atoms with Crippen molar-refractivity contribution < 1.29 is 32.9 Å². The summed E-state index contributed by atoms with van der Waals surface area (Å²) >= 11 is 0. The number of amides is 1. The van der Waals surface area contributed by atoms with Crippen LogP contribution in [0.25, 0.3) is 0 Å². The predicted molar refractivity (Wildman–Crippen MR) is 155 cm³/mol. The first-order chi connectivity index (χ1) is 18.0. The van der Waals surface area contributed by atoms with Crippen molar-refractivity contribution >= 4 is 13.7 Å². The lowest BCUT2D eigenvalue weighted by Gasteiger charge is -2.29. The molecular formula is C29H57N2O6P. The molecule has 9 heteroatoms. The van der Waals surface area contributed by atoms with Gasteiger partial charge in [-0.3, -0.25) is 9.36 Å². The standard InChI is InChI=1S/C29H57N2O6P/c1-6-8-10-12-13-14-15-16-17-18-19-21-23-29(33)30-27(28(32)22-20-11-9-7-2)26-37-38(34,35)36-25-24-31(3,4)5/h13-14,20,22,27-28,32H,6-12,15-19,21,23-26H2,1-5H3,(H-,30,33,34,35)/b14-13-,22-20+. The van der Waals surface area contributed by atoms with Crippen LogP contribution in [0, 0.1) is 0 Å². The Balaban J connectivity index is 4.49. The lowest BCUT2D eigenvalue weighted by atomic mass is 10.1. The molecule has 0 rings (SSSR count). The van der Waals surface area contributed by atoms with E-state index in [9.17, 15) is 19.4 Å². The molecule has 8 nitrogen and oxygen atoms in total. The number of unbranched alkanes of at least 4 members (excludes halogenated alkanes) is 10. The largest absolute Gasteiger partial charge is 0.756 e. The monoisotopic (exact) mass is 560 g/mol. The molecule has 1 amide bonds. The maximum Gasteiger partial charge on any atom is 0.268 e. The van der Waals surface area contributed by atoms with E-state index < -0.39 is 20.0 Å². The van der Waals surface area contributed by atoms with Crippen LogP contribution in [0.4, 0.5) is 0 Å². The Labute approximate surface area is 233 Å². The Morgan fingerprint density at radius 2 is 1.47 bits per heavy atom. The first-order valence-corrected chi connectivity index (χ1v) is 16.2. The van der Waals surface area contributed by atoms with Crippen LogP contribution in [0.1, 0.15) is 104 Å². The number of carbonyl (C=O) groups is 1. The summed E-state index contributed by atoms with van der Waals surface area (Å²) in [5.41, 5.74) is 0. The number of allylic oxidation sites excluding steroid dienone is 3. The number of likely N-dealkylation sites (N-methyl/N-ethyl adjacent to an activating group) is 1. The second-order valence-electron chi connectivity index (χ2n) is 11.1. The number of hydrogen-bond donors (Lipinski definition) is 2. The van der Waals surface area contributed by atoms with Crippen molar-refractivity contribution in [1.29, 1.82) is 0 Å². The quantitative estimate of drug-likeness (QED) is 0.0646. The maximum absolute atomic E-state index is 12.5. The van der Waals surface area contributed by atoms with Gasteiger partial charge in [0.1, 0.15) is 13.2 Å². The summed E-state index contributed by atoms with van der Waals surface area (Å²) in [5.74, 6) is -0.221. The molecule has 0 fully saturated rings. The number of aliphatic hydroxyl groups is 1. The molecule has 0 aliphatic carbocycles. The van der Waals surface area contributed by atoms with Crippen LogP contribution in [0.2, 0.25) is 0 Å². The number of rotatable bonds is 25. The fourth-order valence-electron chi connectivity index (χ4n) is 3.66. The van der Waals surface area contributed by atoms with E-state index in [4.69, 9.17) is 9.05 Å². The van der Waals surface area contributed by atoms with Gasteiger partial charge in [0.15, 0.2) is 0 Å². The summed E-state index contributed by atoms with van der Waals surface area (Å²) in [6, 6.07) is -0.881. The van der Waals surface area contributed by atoms with Gasteiger partial charge in [-0.2, -0.15) is 0 Å². The van der Waals surface area contributed by atoms with Crippen LogP contribution in [0.3, 0.4) is 0 Å². The Kier molecular flexibility index (Phi) is 22.1. The van der Waals surface area contributed by atoms with E-state index in [0.717, 1.165) is 51.4 Å². The molecule has 0 bridgehead atoms. The van der Waals surface area contributed by atoms with Crippen molar-refractivity contribution in [2.75, 3.05) is 40.9 Å². The van der Waals surface area contributed by atoms with E-state index in [2.05, 4.69) is 31.3 Å². The summed E-state index contributed by atoms with van der Waals surface area (Å²) in [6.45, 7) is 4.40. The van der Waals surface area contributed by atoms with Gasteiger partial charge in [0.05, 0.1) is 39.9 Å².